The smallest absolute Gasteiger partial charge is 0.254 e. The molecule has 3 saturated heterocycles. The molecule has 1 N–H and O–H groups in total. The largest absolute Gasteiger partial charge is 0.365 e. The summed E-state index contributed by atoms with van der Waals surface area (Å²) in [4.78, 5) is 14.6. The Morgan fingerprint density at radius 3 is 2.56 bits per heavy atom. The number of likely N-dealkylation sites (N-methyl/N-ethyl adjacent to an activating group) is 1. The summed E-state index contributed by atoms with van der Waals surface area (Å²) in [5, 5.41) is 3.62. The van der Waals surface area contributed by atoms with Crippen LogP contribution in [0.2, 0.25) is 0 Å². The Morgan fingerprint density at radius 1 is 1.33 bits per heavy atom. The molecule has 3 heterocycles. The number of carbonyl (C=O) groups is 1. The van der Waals surface area contributed by atoms with Crippen LogP contribution < -0.4 is 5.32 Å². The van der Waals surface area contributed by atoms with Crippen molar-refractivity contribution in [3.05, 3.63) is 0 Å². The van der Waals surface area contributed by atoms with E-state index in [-0.39, 0.29) is 5.91 Å². The molecule has 18 heavy (non-hydrogen) atoms. The third-order valence-corrected chi connectivity index (χ3v) is 4.99. The minimum Gasteiger partial charge on any atom is -0.365 e. The van der Waals surface area contributed by atoms with Crippen LogP contribution in [0.3, 0.4) is 0 Å². The molecule has 0 saturated carbocycles. The number of hydrogen-bond donors (Lipinski definition) is 1. The normalized spacial score (nSPS) is 43.1. The molecule has 0 aromatic heterocycles. The number of hydrogen-bond acceptors (Lipinski definition) is 3. The second kappa shape index (κ2) is 4.49. The van der Waals surface area contributed by atoms with Crippen molar-refractivity contribution in [2.45, 2.75) is 69.2 Å². The average Bonchev–Trinajstić information content (AvgIpc) is 2.95. The fourth-order valence-electron chi connectivity index (χ4n) is 3.83. The molecule has 3 rings (SSSR count). The number of ether oxygens (including phenoxy) is 1. The summed E-state index contributed by atoms with van der Waals surface area (Å²) in [6.07, 6.45) is 6.64. The molecule has 0 radical (unpaired) electrons. The van der Waals surface area contributed by atoms with Crippen LogP contribution in [-0.2, 0) is 9.53 Å². The maximum Gasteiger partial charge on any atom is 0.254 e. The third-order valence-electron chi connectivity index (χ3n) is 4.99. The minimum absolute atomic E-state index is 0.186. The van der Waals surface area contributed by atoms with Crippen LogP contribution in [0.5, 0.6) is 0 Å². The highest BCUT2D eigenvalue weighted by Gasteiger charge is 2.43. The van der Waals surface area contributed by atoms with Gasteiger partial charge in [-0.15, -0.1) is 0 Å². The van der Waals surface area contributed by atoms with E-state index in [0.717, 1.165) is 32.3 Å². The molecule has 4 heteroatoms. The number of amides is 1. The van der Waals surface area contributed by atoms with E-state index in [1.165, 1.54) is 12.8 Å². The Bertz CT molecular complexity index is 327. The molecule has 3 aliphatic heterocycles. The van der Waals surface area contributed by atoms with E-state index in [4.69, 9.17) is 4.74 Å². The third kappa shape index (κ3) is 2.05. The molecule has 0 aromatic rings. The summed E-state index contributed by atoms with van der Waals surface area (Å²) in [5.41, 5.74) is -0.557. The van der Waals surface area contributed by atoms with E-state index in [1.54, 1.807) is 0 Å². The minimum atomic E-state index is -0.557. The molecule has 3 unspecified atom stereocenters. The SMILES string of the molecule is CN(C(=O)C1(C)CCCO1)C1CC2CCC(C1)N2. The van der Waals surface area contributed by atoms with Gasteiger partial charge < -0.3 is 15.0 Å². The first kappa shape index (κ1) is 12.4. The first-order valence-electron chi connectivity index (χ1n) is 7.26. The molecule has 4 nitrogen and oxygen atoms in total. The fourth-order valence-corrected chi connectivity index (χ4v) is 3.83. The average molecular weight is 252 g/mol. The highest BCUT2D eigenvalue weighted by Crippen LogP contribution is 2.32. The van der Waals surface area contributed by atoms with Crippen molar-refractivity contribution in [2.24, 2.45) is 0 Å². The van der Waals surface area contributed by atoms with Gasteiger partial charge in [0.15, 0.2) is 0 Å². The topological polar surface area (TPSA) is 41.6 Å². The van der Waals surface area contributed by atoms with Crippen molar-refractivity contribution in [1.82, 2.24) is 10.2 Å². The standard InChI is InChI=1S/C14H24N2O2/c1-14(6-3-7-18-14)13(17)16(2)12-8-10-4-5-11(9-12)15-10/h10-12,15H,3-9H2,1-2H3. The van der Waals surface area contributed by atoms with E-state index in [2.05, 4.69) is 5.32 Å². The molecular weight excluding hydrogens is 228 g/mol. The molecule has 102 valence electrons. The Balaban J connectivity index is 1.67. The van der Waals surface area contributed by atoms with Crippen molar-refractivity contribution >= 4 is 5.91 Å². The molecular formula is C14H24N2O2. The van der Waals surface area contributed by atoms with E-state index in [9.17, 15) is 4.79 Å². The van der Waals surface area contributed by atoms with Gasteiger partial charge in [-0.2, -0.15) is 0 Å². The molecule has 2 bridgehead atoms. The number of rotatable bonds is 2. The molecule has 3 aliphatic rings. The van der Waals surface area contributed by atoms with Crippen LogP contribution in [0.25, 0.3) is 0 Å². The van der Waals surface area contributed by atoms with Crippen LogP contribution in [0, 0.1) is 0 Å². The fraction of sp³-hybridized carbons (Fsp3) is 0.929. The van der Waals surface area contributed by atoms with Crippen molar-refractivity contribution in [2.75, 3.05) is 13.7 Å². The zero-order valence-corrected chi connectivity index (χ0v) is 11.4. The molecule has 1 amide bonds. The van der Waals surface area contributed by atoms with Gasteiger partial charge in [-0.25, -0.2) is 0 Å². The highest BCUT2D eigenvalue weighted by molar-refractivity contribution is 5.85. The summed E-state index contributed by atoms with van der Waals surface area (Å²) < 4.78 is 5.68. The van der Waals surface area contributed by atoms with Crippen molar-refractivity contribution in [3.8, 4) is 0 Å². The predicted octanol–water partition coefficient (Wildman–Crippen LogP) is 1.30. The van der Waals surface area contributed by atoms with Crippen LogP contribution in [0.4, 0.5) is 0 Å². The Hall–Kier alpha value is -0.610. The second-order valence-electron chi connectivity index (χ2n) is 6.36. The summed E-state index contributed by atoms with van der Waals surface area (Å²) in [6.45, 7) is 2.68. The lowest BCUT2D eigenvalue weighted by Gasteiger charge is -2.38. The lowest BCUT2D eigenvalue weighted by molar-refractivity contribution is -0.152. The van der Waals surface area contributed by atoms with Crippen molar-refractivity contribution in [1.29, 1.82) is 0 Å². The van der Waals surface area contributed by atoms with Crippen LogP contribution in [0.15, 0.2) is 0 Å². The summed E-state index contributed by atoms with van der Waals surface area (Å²) in [5.74, 6) is 0.186. The van der Waals surface area contributed by atoms with Gasteiger partial charge in [0.2, 0.25) is 0 Å². The number of fused-ring (bicyclic) bond motifs is 2. The van der Waals surface area contributed by atoms with Gasteiger partial charge >= 0.3 is 0 Å². The zero-order chi connectivity index (χ0) is 12.8. The highest BCUT2D eigenvalue weighted by atomic mass is 16.5. The Morgan fingerprint density at radius 2 is 2.00 bits per heavy atom. The van der Waals surface area contributed by atoms with Crippen molar-refractivity contribution in [3.63, 3.8) is 0 Å². The quantitative estimate of drug-likeness (QED) is 0.805. The Kier molecular flexibility index (Phi) is 3.10. The predicted molar refractivity (Wildman–Crippen MR) is 69.3 cm³/mol. The second-order valence-corrected chi connectivity index (χ2v) is 6.36. The van der Waals surface area contributed by atoms with Gasteiger partial charge in [0.05, 0.1) is 0 Å². The van der Waals surface area contributed by atoms with Gasteiger partial charge in [-0.1, -0.05) is 0 Å². The van der Waals surface area contributed by atoms with E-state index < -0.39 is 5.60 Å². The van der Waals surface area contributed by atoms with Gasteiger partial charge in [-0.05, 0) is 45.4 Å². The van der Waals surface area contributed by atoms with Gasteiger partial charge in [0.25, 0.3) is 5.91 Å². The Labute approximate surface area is 109 Å². The summed E-state index contributed by atoms with van der Waals surface area (Å²) in [6, 6.07) is 1.65. The van der Waals surface area contributed by atoms with Crippen LogP contribution in [0.1, 0.15) is 45.4 Å². The number of nitrogens with zero attached hydrogens (tertiary/aromatic N) is 1. The molecule has 3 fully saturated rings. The monoisotopic (exact) mass is 252 g/mol. The van der Waals surface area contributed by atoms with Crippen LogP contribution >= 0.6 is 0 Å². The van der Waals surface area contributed by atoms with Gasteiger partial charge in [0.1, 0.15) is 5.60 Å². The summed E-state index contributed by atoms with van der Waals surface area (Å²) in [7, 11) is 1.96. The van der Waals surface area contributed by atoms with E-state index >= 15 is 0 Å². The first-order valence-corrected chi connectivity index (χ1v) is 7.26. The zero-order valence-electron chi connectivity index (χ0n) is 11.4. The molecule has 0 aromatic carbocycles. The van der Waals surface area contributed by atoms with Crippen LogP contribution in [-0.4, -0.2) is 48.2 Å². The summed E-state index contributed by atoms with van der Waals surface area (Å²) >= 11 is 0. The lowest BCUT2D eigenvalue weighted by atomic mass is 9.95. The van der Waals surface area contributed by atoms with Gasteiger partial charge in [-0.3, -0.25) is 4.79 Å². The molecule has 0 aliphatic carbocycles. The van der Waals surface area contributed by atoms with E-state index in [1.807, 2.05) is 18.9 Å². The maximum absolute atomic E-state index is 12.6. The van der Waals surface area contributed by atoms with E-state index in [0.29, 0.717) is 18.1 Å². The van der Waals surface area contributed by atoms with Gasteiger partial charge in [0, 0.05) is 31.8 Å². The molecule has 3 atom stereocenters. The number of piperidine rings is 1. The number of carbonyl (C=O) groups excluding carboxylic acids is 1. The maximum atomic E-state index is 12.6. The lowest BCUT2D eigenvalue weighted by Crippen LogP contribution is -2.53. The first-order chi connectivity index (χ1) is 8.58. The van der Waals surface area contributed by atoms with Crippen molar-refractivity contribution < 1.29 is 9.53 Å². The number of nitrogens with one attached hydrogen (secondary N) is 1. The molecule has 0 spiro atoms.